The molecule has 0 amide bonds. The average Bonchev–Trinajstić information content (AvgIpc) is 3.01. The lowest BCUT2D eigenvalue weighted by Gasteiger charge is -2.39. The minimum absolute atomic E-state index is 0.00866. The second-order valence-corrected chi connectivity index (χ2v) is 10.7. The number of fused-ring (bicyclic) bond motifs is 1. The Balaban J connectivity index is 1.46. The van der Waals surface area contributed by atoms with Gasteiger partial charge in [0.25, 0.3) is 0 Å². The number of ether oxygens (including phenoxy) is 6. The molecule has 0 unspecified atom stereocenters. The number of nitrogens with one attached hydrogen (secondary N) is 1. The number of benzene rings is 2. The second kappa shape index (κ2) is 16.9. The zero-order valence-electron chi connectivity index (χ0n) is 24.9. The molecule has 2 aliphatic heterocycles. The van der Waals surface area contributed by atoms with E-state index in [-0.39, 0.29) is 18.1 Å². The van der Waals surface area contributed by atoms with Crippen LogP contribution in [0.4, 0.5) is 5.69 Å². The van der Waals surface area contributed by atoms with E-state index in [4.69, 9.17) is 28.4 Å². The molecule has 0 spiro atoms. The summed E-state index contributed by atoms with van der Waals surface area (Å²) in [6.07, 6.45) is 1.76. The summed E-state index contributed by atoms with van der Waals surface area (Å²) in [4.78, 5) is 2.37. The van der Waals surface area contributed by atoms with Crippen LogP contribution in [0.1, 0.15) is 43.2 Å². The fourth-order valence-corrected chi connectivity index (χ4v) is 5.39. The van der Waals surface area contributed by atoms with Gasteiger partial charge in [0.15, 0.2) is 0 Å². The number of hydrogen-bond donors (Lipinski definition) is 2. The molecule has 4 atom stereocenters. The molecule has 0 radical (unpaired) electrons. The highest BCUT2D eigenvalue weighted by molar-refractivity contribution is 5.61. The quantitative estimate of drug-likeness (QED) is 0.275. The maximum absolute atomic E-state index is 10.2. The second-order valence-electron chi connectivity index (χ2n) is 10.7. The first-order chi connectivity index (χ1) is 20.1. The molecule has 0 saturated carbocycles. The van der Waals surface area contributed by atoms with Crippen molar-refractivity contribution in [3.05, 3.63) is 53.6 Å². The van der Waals surface area contributed by atoms with Gasteiger partial charge in [-0.15, -0.1) is 0 Å². The van der Waals surface area contributed by atoms with Crippen LogP contribution in [0.3, 0.4) is 0 Å². The van der Waals surface area contributed by atoms with Gasteiger partial charge in [-0.25, -0.2) is 0 Å². The molecule has 4 rings (SSSR count). The maximum Gasteiger partial charge on any atom is 0.142 e. The Hall–Kier alpha value is -2.40. The van der Waals surface area contributed by atoms with Gasteiger partial charge in [-0.2, -0.15) is 0 Å². The molecule has 41 heavy (non-hydrogen) atoms. The van der Waals surface area contributed by atoms with E-state index in [1.54, 1.807) is 14.2 Å². The van der Waals surface area contributed by atoms with Crippen LogP contribution in [0, 0.1) is 0 Å². The molecule has 9 heteroatoms. The number of rotatable bonds is 17. The van der Waals surface area contributed by atoms with E-state index in [1.807, 2.05) is 19.1 Å². The first-order valence-corrected chi connectivity index (χ1v) is 15.0. The van der Waals surface area contributed by atoms with Crippen molar-refractivity contribution < 1.29 is 33.5 Å². The van der Waals surface area contributed by atoms with Gasteiger partial charge in [-0.1, -0.05) is 25.1 Å². The van der Waals surface area contributed by atoms with Gasteiger partial charge in [0.1, 0.15) is 18.1 Å². The van der Waals surface area contributed by atoms with Crippen molar-refractivity contribution in [3.63, 3.8) is 0 Å². The standard InChI is InChI=1S/C32H48N2O7/c1-4-26(35)23-41-31-21-33-20-30(32(31)25-8-10-27(11-9-25)38-17-6-16-37-3)40-22-24-7-12-29-28(19-24)34(14-18-39-29)13-5-15-36-2/h7-12,19,26,30-33,35H,4-6,13-18,20-23H2,1-3H3/t26-,30-,31+,32+/m0/s1. The van der Waals surface area contributed by atoms with Gasteiger partial charge in [0.2, 0.25) is 0 Å². The molecule has 2 aliphatic rings. The summed E-state index contributed by atoms with van der Waals surface area (Å²) in [6, 6.07) is 14.6. The van der Waals surface area contributed by atoms with Crippen LogP contribution in [0.25, 0.3) is 0 Å². The van der Waals surface area contributed by atoms with E-state index >= 15 is 0 Å². The topological polar surface area (TPSA) is 90.9 Å². The highest BCUT2D eigenvalue weighted by atomic mass is 16.5. The minimum atomic E-state index is -0.482. The number of piperidine rings is 1. The van der Waals surface area contributed by atoms with E-state index in [9.17, 15) is 5.11 Å². The molecule has 228 valence electrons. The zero-order valence-corrected chi connectivity index (χ0v) is 24.9. The van der Waals surface area contributed by atoms with Gasteiger partial charge in [-0.3, -0.25) is 0 Å². The van der Waals surface area contributed by atoms with Crippen LogP contribution in [-0.2, 0) is 25.6 Å². The van der Waals surface area contributed by atoms with E-state index in [0.29, 0.717) is 52.5 Å². The molecule has 2 N–H and O–H groups in total. The van der Waals surface area contributed by atoms with Crippen LogP contribution in [0.2, 0.25) is 0 Å². The number of hydrogen-bond acceptors (Lipinski definition) is 9. The van der Waals surface area contributed by atoms with Crippen LogP contribution in [0.5, 0.6) is 11.5 Å². The fraction of sp³-hybridized carbons (Fsp3) is 0.625. The molecule has 1 saturated heterocycles. The Morgan fingerprint density at radius 2 is 1.73 bits per heavy atom. The van der Waals surface area contributed by atoms with Crippen molar-refractivity contribution in [2.24, 2.45) is 0 Å². The van der Waals surface area contributed by atoms with Crippen molar-refractivity contribution in [1.29, 1.82) is 0 Å². The molecule has 1 fully saturated rings. The summed E-state index contributed by atoms with van der Waals surface area (Å²) < 4.78 is 35.1. The lowest BCUT2D eigenvalue weighted by molar-refractivity contribution is -0.0777. The van der Waals surface area contributed by atoms with Crippen molar-refractivity contribution in [2.75, 3.05) is 78.3 Å². The van der Waals surface area contributed by atoms with E-state index in [0.717, 1.165) is 60.9 Å². The lowest BCUT2D eigenvalue weighted by Crippen LogP contribution is -2.51. The molecule has 0 aromatic heterocycles. The van der Waals surface area contributed by atoms with Crippen molar-refractivity contribution in [2.45, 2.75) is 57.0 Å². The monoisotopic (exact) mass is 572 g/mol. The van der Waals surface area contributed by atoms with E-state index in [1.165, 1.54) is 0 Å². The third-order valence-corrected chi connectivity index (χ3v) is 7.72. The number of nitrogens with zero attached hydrogens (tertiary/aromatic N) is 1. The number of methoxy groups -OCH3 is 2. The highest BCUT2D eigenvalue weighted by Gasteiger charge is 2.36. The Morgan fingerprint density at radius 3 is 2.49 bits per heavy atom. The zero-order chi connectivity index (χ0) is 28.9. The summed E-state index contributed by atoms with van der Waals surface area (Å²) in [5, 5.41) is 13.7. The van der Waals surface area contributed by atoms with Gasteiger partial charge in [0.05, 0.1) is 50.4 Å². The number of aliphatic hydroxyl groups excluding tert-OH is 1. The minimum Gasteiger partial charge on any atom is -0.494 e. The summed E-state index contributed by atoms with van der Waals surface area (Å²) >= 11 is 0. The Kier molecular flexibility index (Phi) is 13.0. The van der Waals surface area contributed by atoms with Gasteiger partial charge < -0.3 is 43.7 Å². The predicted molar refractivity (Wildman–Crippen MR) is 159 cm³/mol. The summed E-state index contributed by atoms with van der Waals surface area (Å²) in [5.74, 6) is 1.76. The van der Waals surface area contributed by atoms with E-state index in [2.05, 4.69) is 40.5 Å². The van der Waals surface area contributed by atoms with Crippen molar-refractivity contribution in [3.8, 4) is 11.5 Å². The molecular weight excluding hydrogens is 524 g/mol. The molecule has 0 bridgehead atoms. The summed E-state index contributed by atoms with van der Waals surface area (Å²) in [5.41, 5.74) is 3.36. The first-order valence-electron chi connectivity index (χ1n) is 15.0. The first kappa shape index (κ1) is 31.5. The SMILES string of the molecule is CC[C@H](O)CO[C@@H]1CNC[C@H](OCc2ccc3c(c2)N(CCCOC)CCO3)[C@H]1c1ccc(OCCCOC)cc1. The maximum atomic E-state index is 10.2. The molecule has 2 aromatic rings. The fourth-order valence-electron chi connectivity index (χ4n) is 5.39. The average molecular weight is 573 g/mol. The van der Waals surface area contributed by atoms with Crippen LogP contribution >= 0.6 is 0 Å². The normalized spacial score (nSPS) is 21.3. The number of anilines is 1. The highest BCUT2D eigenvalue weighted by Crippen LogP contribution is 2.35. The molecular formula is C32H48N2O7. The molecule has 9 nitrogen and oxygen atoms in total. The Bertz CT molecular complexity index is 1020. The van der Waals surface area contributed by atoms with Crippen LogP contribution < -0.4 is 19.7 Å². The Labute approximate surface area is 245 Å². The largest absolute Gasteiger partial charge is 0.494 e. The number of aliphatic hydroxyl groups is 1. The van der Waals surface area contributed by atoms with Gasteiger partial charge in [0, 0.05) is 59.4 Å². The molecule has 2 aromatic carbocycles. The summed E-state index contributed by atoms with van der Waals surface area (Å²) in [6.45, 7) is 8.67. The van der Waals surface area contributed by atoms with Crippen LogP contribution in [0.15, 0.2) is 42.5 Å². The Morgan fingerprint density at radius 1 is 0.976 bits per heavy atom. The predicted octanol–water partition coefficient (Wildman–Crippen LogP) is 3.77. The van der Waals surface area contributed by atoms with E-state index < -0.39 is 6.10 Å². The molecule has 0 aliphatic carbocycles. The third-order valence-electron chi connectivity index (χ3n) is 7.72. The molecule has 2 heterocycles. The summed E-state index contributed by atoms with van der Waals surface area (Å²) in [7, 11) is 3.44. The van der Waals surface area contributed by atoms with Crippen LogP contribution in [-0.4, -0.2) is 96.9 Å². The van der Waals surface area contributed by atoms with Crippen molar-refractivity contribution in [1.82, 2.24) is 5.32 Å². The third kappa shape index (κ3) is 9.30. The van der Waals surface area contributed by atoms with Crippen molar-refractivity contribution >= 4 is 5.69 Å². The smallest absolute Gasteiger partial charge is 0.142 e. The van der Waals surface area contributed by atoms with Gasteiger partial charge >= 0.3 is 0 Å². The lowest BCUT2D eigenvalue weighted by atomic mass is 9.85. The van der Waals surface area contributed by atoms with Gasteiger partial charge in [-0.05, 0) is 48.2 Å².